The summed E-state index contributed by atoms with van der Waals surface area (Å²) in [5.74, 6) is -0.735. The van der Waals surface area contributed by atoms with Crippen molar-refractivity contribution in [2.45, 2.75) is 19.4 Å². The minimum absolute atomic E-state index is 0.238. The van der Waals surface area contributed by atoms with E-state index in [2.05, 4.69) is 20.7 Å². The lowest BCUT2D eigenvalue weighted by Gasteiger charge is -2.31. The van der Waals surface area contributed by atoms with Gasteiger partial charge in [0.1, 0.15) is 10.8 Å². The van der Waals surface area contributed by atoms with E-state index in [1.165, 1.54) is 29.7 Å². The second-order valence-corrected chi connectivity index (χ2v) is 10.7. The smallest absolute Gasteiger partial charge is 0.275 e. The Balaban J connectivity index is 1.31. The Bertz CT molecular complexity index is 1490. The monoisotopic (exact) mass is 544 g/mol. The highest BCUT2D eigenvalue weighted by Crippen LogP contribution is 2.36. The molecule has 0 bridgehead atoms. The zero-order valence-electron chi connectivity index (χ0n) is 21.3. The van der Waals surface area contributed by atoms with Gasteiger partial charge in [-0.2, -0.15) is 5.10 Å². The van der Waals surface area contributed by atoms with Gasteiger partial charge in [0.25, 0.3) is 11.8 Å². The fourth-order valence-electron chi connectivity index (χ4n) is 4.70. The Kier molecular flexibility index (Phi) is 8.41. The number of hydrogen-bond acceptors (Lipinski definition) is 6. The Labute approximate surface area is 230 Å². The Morgan fingerprint density at radius 3 is 2.56 bits per heavy atom. The molecule has 2 amide bonds. The molecule has 9 heteroatoms. The van der Waals surface area contributed by atoms with Crippen molar-refractivity contribution in [1.82, 2.24) is 10.3 Å². The SMILES string of the molecule is O=C(Nc1sc2ccccc2c1C(=O)NN=Cc1ccc(F)cc1)c1cccc(CN2CCC(CO)CC2)c1. The average molecular weight is 545 g/mol. The van der Waals surface area contributed by atoms with Crippen molar-refractivity contribution in [3.05, 3.63) is 101 Å². The third-order valence-corrected chi connectivity index (χ3v) is 7.95. The third-order valence-electron chi connectivity index (χ3n) is 6.86. The largest absolute Gasteiger partial charge is 0.396 e. The number of nitrogens with zero attached hydrogens (tertiary/aromatic N) is 2. The van der Waals surface area contributed by atoms with Crippen molar-refractivity contribution in [2.24, 2.45) is 11.0 Å². The van der Waals surface area contributed by atoms with Crippen LogP contribution in [0.15, 0.2) is 77.9 Å². The van der Waals surface area contributed by atoms with Crippen LogP contribution >= 0.6 is 11.3 Å². The van der Waals surface area contributed by atoms with E-state index < -0.39 is 5.91 Å². The highest BCUT2D eigenvalue weighted by molar-refractivity contribution is 7.23. The zero-order chi connectivity index (χ0) is 27.2. The fourth-order valence-corrected chi connectivity index (χ4v) is 5.80. The minimum atomic E-state index is -0.457. The minimum Gasteiger partial charge on any atom is -0.396 e. The summed E-state index contributed by atoms with van der Waals surface area (Å²) in [5, 5.41) is 17.5. The maximum absolute atomic E-state index is 13.3. The summed E-state index contributed by atoms with van der Waals surface area (Å²) in [6, 6.07) is 20.7. The van der Waals surface area contributed by atoms with Crippen LogP contribution in [0.5, 0.6) is 0 Å². The van der Waals surface area contributed by atoms with Crippen LogP contribution < -0.4 is 10.7 Å². The quantitative estimate of drug-likeness (QED) is 0.208. The Morgan fingerprint density at radius 2 is 1.79 bits per heavy atom. The van der Waals surface area contributed by atoms with Gasteiger partial charge in [0.15, 0.2) is 0 Å². The summed E-state index contributed by atoms with van der Waals surface area (Å²) in [6.45, 7) is 2.82. The third kappa shape index (κ3) is 6.57. The number of likely N-dealkylation sites (tertiary alicyclic amines) is 1. The second-order valence-electron chi connectivity index (χ2n) is 9.61. The normalized spacial score (nSPS) is 14.6. The first-order valence-corrected chi connectivity index (χ1v) is 13.7. The van der Waals surface area contributed by atoms with Gasteiger partial charge in [-0.15, -0.1) is 11.3 Å². The molecule has 3 N–H and O–H groups in total. The number of rotatable bonds is 8. The van der Waals surface area contributed by atoms with Crippen molar-refractivity contribution in [2.75, 3.05) is 25.0 Å². The number of carbonyl (C=O) groups excluding carboxylic acids is 2. The van der Waals surface area contributed by atoms with E-state index in [0.717, 1.165) is 42.7 Å². The van der Waals surface area contributed by atoms with E-state index in [-0.39, 0.29) is 18.3 Å². The van der Waals surface area contributed by atoms with E-state index in [9.17, 15) is 19.1 Å². The molecule has 0 unspecified atom stereocenters. The van der Waals surface area contributed by atoms with Gasteiger partial charge < -0.3 is 10.4 Å². The molecule has 0 saturated carbocycles. The number of benzene rings is 3. The molecule has 5 rings (SSSR count). The number of aliphatic hydroxyl groups excluding tert-OH is 1. The number of amides is 2. The molecule has 0 atom stereocenters. The number of hydrogen-bond donors (Lipinski definition) is 3. The Hall–Kier alpha value is -3.92. The van der Waals surface area contributed by atoms with Crippen LogP contribution in [0, 0.1) is 11.7 Å². The molecule has 1 saturated heterocycles. The highest BCUT2D eigenvalue weighted by atomic mass is 32.1. The first-order valence-electron chi connectivity index (χ1n) is 12.8. The summed E-state index contributed by atoms with van der Waals surface area (Å²) < 4.78 is 14.0. The number of anilines is 1. The van der Waals surface area contributed by atoms with Crippen LogP contribution in [-0.4, -0.2) is 47.7 Å². The number of fused-ring (bicyclic) bond motifs is 1. The van der Waals surface area contributed by atoms with Crippen molar-refractivity contribution in [1.29, 1.82) is 0 Å². The van der Waals surface area contributed by atoms with Gasteiger partial charge >= 0.3 is 0 Å². The molecule has 2 heterocycles. The van der Waals surface area contributed by atoms with Crippen molar-refractivity contribution in [3.63, 3.8) is 0 Å². The lowest BCUT2D eigenvalue weighted by molar-refractivity contribution is 0.0958. The predicted molar refractivity (Wildman–Crippen MR) is 153 cm³/mol. The summed E-state index contributed by atoms with van der Waals surface area (Å²) in [6.07, 6.45) is 3.38. The lowest BCUT2D eigenvalue weighted by Crippen LogP contribution is -2.34. The van der Waals surface area contributed by atoms with Gasteiger partial charge in [-0.3, -0.25) is 14.5 Å². The van der Waals surface area contributed by atoms with Crippen LogP contribution in [0.3, 0.4) is 0 Å². The Morgan fingerprint density at radius 1 is 1.03 bits per heavy atom. The van der Waals surface area contributed by atoms with Gasteiger partial charge in [0.2, 0.25) is 0 Å². The molecule has 39 heavy (non-hydrogen) atoms. The summed E-state index contributed by atoms with van der Waals surface area (Å²) >= 11 is 1.33. The topological polar surface area (TPSA) is 94.0 Å². The van der Waals surface area contributed by atoms with E-state index in [1.54, 1.807) is 18.2 Å². The molecule has 0 aliphatic carbocycles. The first-order chi connectivity index (χ1) is 19.0. The van der Waals surface area contributed by atoms with Crippen molar-refractivity contribution < 1.29 is 19.1 Å². The van der Waals surface area contributed by atoms with E-state index in [1.807, 2.05) is 42.5 Å². The molecule has 3 aromatic carbocycles. The molecule has 0 radical (unpaired) electrons. The number of nitrogens with one attached hydrogen (secondary N) is 2. The fraction of sp³-hybridized carbons (Fsp3) is 0.233. The van der Waals surface area contributed by atoms with Crippen LogP contribution in [0.1, 0.15) is 44.7 Å². The molecular formula is C30H29FN4O3S. The molecule has 1 aliphatic rings. The van der Waals surface area contributed by atoms with Crippen LogP contribution in [0.4, 0.5) is 9.39 Å². The van der Waals surface area contributed by atoms with E-state index in [0.29, 0.717) is 33.0 Å². The number of halogens is 1. The van der Waals surface area contributed by atoms with Crippen molar-refractivity contribution in [3.8, 4) is 0 Å². The number of thiophene rings is 1. The van der Waals surface area contributed by atoms with E-state index >= 15 is 0 Å². The molecular weight excluding hydrogens is 515 g/mol. The van der Waals surface area contributed by atoms with E-state index in [4.69, 9.17) is 0 Å². The van der Waals surface area contributed by atoms with Crippen LogP contribution in [-0.2, 0) is 6.54 Å². The molecule has 0 spiro atoms. The highest BCUT2D eigenvalue weighted by Gasteiger charge is 2.22. The summed E-state index contributed by atoms with van der Waals surface area (Å²) in [4.78, 5) is 28.8. The maximum Gasteiger partial charge on any atom is 0.275 e. The summed E-state index contributed by atoms with van der Waals surface area (Å²) in [5.41, 5.74) is 5.05. The van der Waals surface area contributed by atoms with Crippen LogP contribution in [0.2, 0.25) is 0 Å². The predicted octanol–water partition coefficient (Wildman–Crippen LogP) is 5.26. The number of piperidine rings is 1. The number of aliphatic hydroxyl groups is 1. The second kappa shape index (κ2) is 12.3. The lowest BCUT2D eigenvalue weighted by atomic mass is 9.97. The molecule has 1 aliphatic heterocycles. The van der Waals surface area contributed by atoms with Gasteiger partial charge in [-0.1, -0.05) is 42.5 Å². The van der Waals surface area contributed by atoms with Crippen LogP contribution in [0.25, 0.3) is 10.1 Å². The number of hydrazone groups is 1. The van der Waals surface area contributed by atoms with Gasteiger partial charge in [0.05, 0.1) is 11.8 Å². The van der Waals surface area contributed by atoms with Gasteiger partial charge in [0, 0.05) is 28.8 Å². The average Bonchev–Trinajstić information content (AvgIpc) is 3.32. The van der Waals surface area contributed by atoms with Gasteiger partial charge in [-0.25, -0.2) is 9.82 Å². The number of carbonyl (C=O) groups is 2. The summed E-state index contributed by atoms with van der Waals surface area (Å²) in [7, 11) is 0. The zero-order valence-corrected chi connectivity index (χ0v) is 22.1. The molecule has 1 aromatic heterocycles. The van der Waals surface area contributed by atoms with Gasteiger partial charge in [-0.05, 0) is 73.3 Å². The van der Waals surface area contributed by atoms with Crippen molar-refractivity contribution >= 4 is 44.5 Å². The molecule has 7 nitrogen and oxygen atoms in total. The standard InChI is InChI=1S/C30H29FN4O3S/c31-24-10-8-20(9-11-24)17-32-34-29(38)27-25-6-1-2-7-26(25)39-30(27)33-28(37)23-5-3-4-22(16-23)18-35-14-12-21(19-36)13-15-35/h1-11,16-17,21,36H,12-15,18-19H2,(H,33,37)(H,34,38). The molecule has 200 valence electrons. The maximum atomic E-state index is 13.3. The molecule has 1 fully saturated rings. The molecule has 4 aromatic rings. The first kappa shape index (κ1) is 26.7.